The van der Waals surface area contributed by atoms with E-state index in [1.807, 2.05) is 6.07 Å². The van der Waals surface area contributed by atoms with Crippen LogP contribution in [0.5, 0.6) is 0 Å². The van der Waals surface area contributed by atoms with E-state index in [2.05, 4.69) is 31.3 Å². The number of rotatable bonds is 5. The Kier molecular flexibility index (Phi) is 4.33. The molecule has 2 heteroatoms. The van der Waals surface area contributed by atoms with Crippen LogP contribution < -0.4 is 5.32 Å². The van der Waals surface area contributed by atoms with Crippen molar-refractivity contribution in [2.24, 2.45) is 0 Å². The molecule has 0 amide bonds. The molecular weight excluding hydrogens is 162 g/mol. The van der Waals surface area contributed by atoms with E-state index >= 15 is 0 Å². The van der Waals surface area contributed by atoms with E-state index < -0.39 is 0 Å². The van der Waals surface area contributed by atoms with Crippen LogP contribution in [0.1, 0.15) is 25.8 Å². The molecule has 0 bridgehead atoms. The first-order valence-electron chi connectivity index (χ1n) is 4.76. The molecule has 0 fully saturated rings. The zero-order valence-electron chi connectivity index (χ0n) is 8.29. The molecule has 0 aromatic carbocycles. The first kappa shape index (κ1) is 10.1. The van der Waals surface area contributed by atoms with E-state index in [1.54, 1.807) is 12.5 Å². The molecule has 0 saturated heterocycles. The van der Waals surface area contributed by atoms with Gasteiger partial charge in [0, 0.05) is 11.6 Å². The Morgan fingerprint density at radius 3 is 3.08 bits per heavy atom. The normalized spacial score (nSPS) is 13.7. The van der Waals surface area contributed by atoms with Gasteiger partial charge in [-0.1, -0.05) is 19.1 Å². The maximum Gasteiger partial charge on any atom is 0.0974 e. The molecule has 1 N–H and O–H groups in total. The Labute approximate surface area is 79.6 Å². The van der Waals surface area contributed by atoms with Crippen LogP contribution in [0.2, 0.25) is 0 Å². The molecule has 2 nitrogen and oxygen atoms in total. The number of nitrogens with one attached hydrogen (secondary N) is 1. The zero-order chi connectivity index (χ0) is 9.52. The first-order chi connectivity index (χ1) is 6.33. The Morgan fingerprint density at radius 2 is 2.46 bits per heavy atom. The van der Waals surface area contributed by atoms with Crippen LogP contribution in [0.15, 0.2) is 29.1 Å². The van der Waals surface area contributed by atoms with Gasteiger partial charge in [0.05, 0.1) is 12.5 Å². The SMILES string of the molecule is CCCNC(C)/C=C/c1ccoc1. The van der Waals surface area contributed by atoms with Crippen molar-refractivity contribution in [3.05, 3.63) is 30.2 Å². The summed E-state index contributed by atoms with van der Waals surface area (Å²) in [4.78, 5) is 0. The lowest BCUT2D eigenvalue weighted by Crippen LogP contribution is -2.24. The fourth-order valence-electron chi connectivity index (χ4n) is 1.07. The minimum Gasteiger partial charge on any atom is -0.472 e. The lowest BCUT2D eigenvalue weighted by molar-refractivity contribution is 0.566. The van der Waals surface area contributed by atoms with Gasteiger partial charge in [-0.15, -0.1) is 0 Å². The summed E-state index contributed by atoms with van der Waals surface area (Å²) in [6.07, 6.45) is 8.80. The molecule has 1 rings (SSSR count). The van der Waals surface area contributed by atoms with Crippen molar-refractivity contribution in [3.63, 3.8) is 0 Å². The lowest BCUT2D eigenvalue weighted by Gasteiger charge is -2.06. The second kappa shape index (κ2) is 5.60. The predicted molar refractivity (Wildman–Crippen MR) is 55.5 cm³/mol. The highest BCUT2D eigenvalue weighted by atomic mass is 16.3. The van der Waals surface area contributed by atoms with Crippen LogP contribution in [0.3, 0.4) is 0 Å². The maximum atomic E-state index is 4.96. The zero-order valence-corrected chi connectivity index (χ0v) is 8.29. The third-order valence-electron chi connectivity index (χ3n) is 1.84. The average molecular weight is 179 g/mol. The van der Waals surface area contributed by atoms with Gasteiger partial charge in [-0.2, -0.15) is 0 Å². The van der Waals surface area contributed by atoms with Crippen LogP contribution >= 0.6 is 0 Å². The Morgan fingerprint density at radius 1 is 1.62 bits per heavy atom. The van der Waals surface area contributed by atoms with Crippen LogP contribution in [0.25, 0.3) is 6.08 Å². The molecule has 13 heavy (non-hydrogen) atoms. The van der Waals surface area contributed by atoms with E-state index in [0.717, 1.165) is 12.1 Å². The fourth-order valence-corrected chi connectivity index (χ4v) is 1.07. The summed E-state index contributed by atoms with van der Waals surface area (Å²) in [6, 6.07) is 2.37. The van der Waals surface area contributed by atoms with Crippen LogP contribution in [-0.2, 0) is 0 Å². The molecule has 0 saturated carbocycles. The van der Waals surface area contributed by atoms with Gasteiger partial charge in [0.25, 0.3) is 0 Å². The van der Waals surface area contributed by atoms with Gasteiger partial charge in [-0.05, 0) is 26.0 Å². The van der Waals surface area contributed by atoms with E-state index in [0.29, 0.717) is 6.04 Å². The van der Waals surface area contributed by atoms with Crippen molar-refractivity contribution >= 4 is 6.08 Å². The number of furan rings is 1. The lowest BCUT2D eigenvalue weighted by atomic mass is 10.2. The first-order valence-corrected chi connectivity index (χ1v) is 4.76. The molecule has 1 unspecified atom stereocenters. The van der Waals surface area contributed by atoms with Gasteiger partial charge in [-0.3, -0.25) is 0 Å². The van der Waals surface area contributed by atoms with Crippen molar-refractivity contribution in [1.82, 2.24) is 5.32 Å². The summed E-state index contributed by atoms with van der Waals surface area (Å²) in [5.41, 5.74) is 1.12. The van der Waals surface area contributed by atoms with Crippen molar-refractivity contribution in [2.45, 2.75) is 26.3 Å². The summed E-state index contributed by atoms with van der Waals surface area (Å²) in [5.74, 6) is 0. The molecule has 1 atom stereocenters. The molecule has 0 aliphatic heterocycles. The van der Waals surface area contributed by atoms with Crippen LogP contribution in [0, 0.1) is 0 Å². The second-order valence-corrected chi connectivity index (χ2v) is 3.16. The Balaban J connectivity index is 2.31. The molecule has 1 aromatic heterocycles. The monoisotopic (exact) mass is 179 g/mol. The Hall–Kier alpha value is -1.02. The maximum absolute atomic E-state index is 4.96. The molecule has 1 aromatic rings. The highest BCUT2D eigenvalue weighted by molar-refractivity contribution is 5.47. The molecular formula is C11H17NO. The minimum atomic E-state index is 0.426. The Bertz CT molecular complexity index is 239. The summed E-state index contributed by atoms with van der Waals surface area (Å²) in [5, 5.41) is 3.38. The smallest absolute Gasteiger partial charge is 0.0974 e. The molecule has 1 heterocycles. The largest absolute Gasteiger partial charge is 0.472 e. The summed E-state index contributed by atoms with van der Waals surface area (Å²) < 4.78 is 4.96. The molecule has 0 radical (unpaired) electrons. The molecule has 0 spiro atoms. The third kappa shape index (κ3) is 3.95. The highest BCUT2D eigenvalue weighted by Gasteiger charge is 1.93. The standard InChI is InChI=1S/C11H17NO/c1-3-7-12-10(2)4-5-11-6-8-13-9-11/h4-6,8-10,12H,3,7H2,1-2H3/b5-4+. The molecule has 72 valence electrons. The fraction of sp³-hybridized carbons (Fsp3) is 0.455. The van der Waals surface area contributed by atoms with E-state index in [1.165, 1.54) is 6.42 Å². The van der Waals surface area contributed by atoms with E-state index in [4.69, 9.17) is 4.42 Å². The highest BCUT2D eigenvalue weighted by Crippen LogP contribution is 2.02. The van der Waals surface area contributed by atoms with Gasteiger partial charge in [0.2, 0.25) is 0 Å². The van der Waals surface area contributed by atoms with E-state index in [9.17, 15) is 0 Å². The summed E-state index contributed by atoms with van der Waals surface area (Å²) in [6.45, 7) is 5.38. The van der Waals surface area contributed by atoms with Gasteiger partial charge >= 0.3 is 0 Å². The van der Waals surface area contributed by atoms with Crippen molar-refractivity contribution < 1.29 is 4.42 Å². The summed E-state index contributed by atoms with van der Waals surface area (Å²) in [7, 11) is 0. The third-order valence-corrected chi connectivity index (χ3v) is 1.84. The van der Waals surface area contributed by atoms with Gasteiger partial charge < -0.3 is 9.73 Å². The van der Waals surface area contributed by atoms with Crippen LogP contribution in [0.4, 0.5) is 0 Å². The minimum absolute atomic E-state index is 0.426. The van der Waals surface area contributed by atoms with Gasteiger partial charge in [-0.25, -0.2) is 0 Å². The van der Waals surface area contributed by atoms with Gasteiger partial charge in [0.15, 0.2) is 0 Å². The predicted octanol–water partition coefficient (Wildman–Crippen LogP) is 2.68. The van der Waals surface area contributed by atoms with Crippen LogP contribution in [-0.4, -0.2) is 12.6 Å². The molecule has 0 aliphatic carbocycles. The topological polar surface area (TPSA) is 25.2 Å². The van der Waals surface area contributed by atoms with Gasteiger partial charge in [0.1, 0.15) is 0 Å². The van der Waals surface area contributed by atoms with Crippen molar-refractivity contribution in [1.29, 1.82) is 0 Å². The number of hydrogen-bond donors (Lipinski definition) is 1. The average Bonchev–Trinajstić information content (AvgIpc) is 2.64. The van der Waals surface area contributed by atoms with E-state index in [-0.39, 0.29) is 0 Å². The number of hydrogen-bond acceptors (Lipinski definition) is 2. The van der Waals surface area contributed by atoms with Crippen molar-refractivity contribution in [3.8, 4) is 0 Å². The second-order valence-electron chi connectivity index (χ2n) is 3.16. The quantitative estimate of drug-likeness (QED) is 0.751. The van der Waals surface area contributed by atoms with Crippen molar-refractivity contribution in [2.75, 3.05) is 6.54 Å². The summed E-state index contributed by atoms with van der Waals surface area (Å²) >= 11 is 0. The molecule has 0 aliphatic rings.